The van der Waals surface area contributed by atoms with Crippen LogP contribution in [0.3, 0.4) is 0 Å². The minimum Gasteiger partial charge on any atom is -0.483 e. The highest BCUT2D eigenvalue weighted by Gasteiger charge is 2.35. The van der Waals surface area contributed by atoms with Crippen molar-refractivity contribution in [2.24, 2.45) is 0 Å². The highest BCUT2D eigenvalue weighted by molar-refractivity contribution is 7.89. The second-order valence-electron chi connectivity index (χ2n) is 7.81. The van der Waals surface area contributed by atoms with Crippen LogP contribution < -0.4 is 0 Å². The van der Waals surface area contributed by atoms with Crippen molar-refractivity contribution in [3.63, 3.8) is 0 Å². The third kappa shape index (κ3) is 4.93. The molecule has 1 amide bonds. The van der Waals surface area contributed by atoms with E-state index in [1.54, 1.807) is 24.8 Å². The third-order valence-corrected chi connectivity index (χ3v) is 7.94. The molecule has 0 saturated carbocycles. The summed E-state index contributed by atoms with van der Waals surface area (Å²) in [5, 5.41) is 23.3. The SMILES string of the molecule is Cc1n[nH]c(C)c1S(=O)(=O)N1CCc2cccc(C(=O)N3CCOC[C@H]3CO)c2C1.O=CO. The molecule has 12 heteroatoms. The molecular weight excluding hydrogens is 452 g/mol. The van der Waals surface area contributed by atoms with E-state index in [0.29, 0.717) is 43.1 Å². The van der Waals surface area contributed by atoms with Crippen LogP contribution >= 0.6 is 0 Å². The van der Waals surface area contributed by atoms with Crippen molar-refractivity contribution in [2.75, 3.05) is 32.9 Å². The molecule has 2 aliphatic rings. The van der Waals surface area contributed by atoms with Crippen molar-refractivity contribution in [3.05, 3.63) is 46.3 Å². The third-order valence-electron chi connectivity index (χ3n) is 5.83. The van der Waals surface area contributed by atoms with Crippen molar-refractivity contribution in [1.29, 1.82) is 0 Å². The minimum atomic E-state index is -3.75. The number of benzene rings is 1. The number of nitrogens with one attached hydrogen (secondary N) is 1. The van der Waals surface area contributed by atoms with Gasteiger partial charge in [-0.3, -0.25) is 14.7 Å². The van der Waals surface area contributed by atoms with E-state index in [4.69, 9.17) is 14.6 Å². The van der Waals surface area contributed by atoms with E-state index in [1.165, 1.54) is 4.31 Å². The number of morpholine rings is 1. The summed E-state index contributed by atoms with van der Waals surface area (Å²) < 4.78 is 33.4. The first-order valence-corrected chi connectivity index (χ1v) is 11.9. The summed E-state index contributed by atoms with van der Waals surface area (Å²) in [4.78, 5) is 23.5. The molecule has 11 nitrogen and oxygen atoms in total. The zero-order valence-electron chi connectivity index (χ0n) is 18.5. The van der Waals surface area contributed by atoms with Crippen molar-refractivity contribution >= 4 is 22.4 Å². The normalized spacial score (nSPS) is 18.8. The van der Waals surface area contributed by atoms with Crippen LogP contribution in [0.15, 0.2) is 23.1 Å². The Morgan fingerprint density at radius 2 is 2.06 bits per heavy atom. The van der Waals surface area contributed by atoms with Gasteiger partial charge in [0.25, 0.3) is 12.4 Å². The van der Waals surface area contributed by atoms with E-state index in [9.17, 15) is 18.3 Å². The Bertz CT molecular complexity index is 1100. The van der Waals surface area contributed by atoms with Gasteiger partial charge < -0.3 is 19.8 Å². The number of aryl methyl sites for hydroxylation is 2. The molecule has 1 fully saturated rings. The molecule has 1 aromatic carbocycles. The molecule has 1 saturated heterocycles. The van der Waals surface area contributed by atoms with Crippen LogP contribution in [0, 0.1) is 13.8 Å². The van der Waals surface area contributed by atoms with Gasteiger partial charge in [0.05, 0.1) is 37.3 Å². The molecule has 33 heavy (non-hydrogen) atoms. The number of carbonyl (C=O) groups excluding carboxylic acids is 1. The molecule has 0 spiro atoms. The van der Waals surface area contributed by atoms with E-state index in [0.717, 1.165) is 11.1 Å². The zero-order chi connectivity index (χ0) is 24.2. The fourth-order valence-corrected chi connectivity index (χ4v) is 5.98. The Balaban J connectivity index is 0.000000968. The number of rotatable bonds is 4. The predicted octanol–water partition coefficient (Wildman–Crippen LogP) is 0.308. The number of carbonyl (C=O) groups is 2. The smallest absolute Gasteiger partial charge is 0.290 e. The lowest BCUT2D eigenvalue weighted by atomic mass is 9.95. The lowest BCUT2D eigenvalue weighted by Crippen LogP contribution is -2.51. The Morgan fingerprint density at radius 3 is 2.70 bits per heavy atom. The lowest BCUT2D eigenvalue weighted by Gasteiger charge is -2.36. The van der Waals surface area contributed by atoms with Gasteiger partial charge in [0.1, 0.15) is 4.90 Å². The maximum atomic E-state index is 13.3. The fourth-order valence-electron chi connectivity index (χ4n) is 4.24. The quantitative estimate of drug-likeness (QED) is 0.529. The topological polar surface area (TPSA) is 153 Å². The van der Waals surface area contributed by atoms with Gasteiger partial charge in [-0.2, -0.15) is 9.40 Å². The number of nitrogens with zero attached hydrogens (tertiary/aromatic N) is 3. The van der Waals surface area contributed by atoms with Crippen molar-refractivity contribution in [3.8, 4) is 0 Å². The van der Waals surface area contributed by atoms with Crippen molar-refractivity contribution in [1.82, 2.24) is 19.4 Å². The number of hydrogen-bond donors (Lipinski definition) is 3. The molecule has 1 aromatic heterocycles. The molecule has 4 rings (SSSR count). The van der Waals surface area contributed by atoms with Crippen molar-refractivity contribution in [2.45, 2.75) is 37.8 Å². The second kappa shape index (κ2) is 10.4. The van der Waals surface area contributed by atoms with Gasteiger partial charge in [-0.05, 0) is 37.5 Å². The molecule has 0 aliphatic carbocycles. The summed E-state index contributed by atoms with van der Waals surface area (Å²) in [5.74, 6) is -0.205. The van der Waals surface area contributed by atoms with Crippen LogP contribution in [0.25, 0.3) is 0 Å². The van der Waals surface area contributed by atoms with Gasteiger partial charge in [-0.15, -0.1) is 0 Å². The van der Waals surface area contributed by atoms with E-state index in [1.807, 2.05) is 12.1 Å². The highest BCUT2D eigenvalue weighted by atomic mass is 32.2. The maximum absolute atomic E-state index is 13.3. The largest absolute Gasteiger partial charge is 0.483 e. The van der Waals surface area contributed by atoms with E-state index in [-0.39, 0.29) is 37.0 Å². The number of aliphatic hydroxyl groups is 1. The fraction of sp³-hybridized carbons (Fsp3) is 0.476. The number of aromatic nitrogens is 2. The van der Waals surface area contributed by atoms with Crippen LogP contribution in [0.1, 0.15) is 32.9 Å². The molecule has 3 N–H and O–H groups in total. The number of fused-ring (bicyclic) bond motifs is 1. The van der Waals surface area contributed by atoms with Crippen LogP contribution in [-0.4, -0.2) is 89.4 Å². The Labute approximate surface area is 192 Å². The first-order chi connectivity index (χ1) is 15.8. The van der Waals surface area contributed by atoms with E-state index in [2.05, 4.69) is 10.2 Å². The van der Waals surface area contributed by atoms with Gasteiger partial charge in [0.2, 0.25) is 10.0 Å². The number of carboxylic acid groups (broad SMARTS) is 1. The summed E-state index contributed by atoms with van der Waals surface area (Å²) in [5.41, 5.74) is 3.11. The van der Waals surface area contributed by atoms with Crippen LogP contribution in [-0.2, 0) is 32.5 Å². The number of H-pyrrole nitrogens is 1. The van der Waals surface area contributed by atoms with Crippen molar-refractivity contribution < 1.29 is 33.0 Å². The summed E-state index contributed by atoms with van der Waals surface area (Å²) in [7, 11) is -3.75. The average Bonchev–Trinajstić information content (AvgIpc) is 3.16. The lowest BCUT2D eigenvalue weighted by molar-refractivity contribution is -0.122. The molecule has 0 unspecified atom stereocenters. The number of hydrogen-bond acceptors (Lipinski definition) is 7. The average molecular weight is 481 g/mol. The standard InChI is InChI=1S/C20H26N4O5S.CH2O2/c1-13-19(14(2)22-21-13)30(27,28)23-7-6-15-4-3-5-17(18(15)10-23)20(26)24-8-9-29-12-16(24)11-25;2-1-3/h3-5,16,25H,6-12H2,1-2H3,(H,21,22);1H,(H,2,3)/t16-;/m1./s1. The molecule has 1 atom stereocenters. The number of ether oxygens (including phenoxy) is 1. The zero-order valence-corrected chi connectivity index (χ0v) is 19.3. The van der Waals surface area contributed by atoms with Crippen LogP contribution in [0.5, 0.6) is 0 Å². The number of aliphatic hydroxyl groups excluding tert-OH is 1. The predicted molar refractivity (Wildman–Crippen MR) is 117 cm³/mol. The number of amides is 1. The van der Waals surface area contributed by atoms with Gasteiger partial charge in [0, 0.05) is 25.2 Å². The van der Waals surface area contributed by atoms with Gasteiger partial charge in [0.15, 0.2) is 0 Å². The van der Waals surface area contributed by atoms with E-state index < -0.39 is 16.1 Å². The minimum absolute atomic E-state index is 0.123. The Morgan fingerprint density at radius 1 is 1.33 bits per heavy atom. The Kier molecular flexibility index (Phi) is 7.84. The monoisotopic (exact) mass is 480 g/mol. The molecule has 180 valence electrons. The molecule has 2 aliphatic heterocycles. The molecule has 2 aromatic rings. The highest BCUT2D eigenvalue weighted by Crippen LogP contribution is 2.30. The van der Waals surface area contributed by atoms with Crippen LogP contribution in [0.4, 0.5) is 0 Å². The maximum Gasteiger partial charge on any atom is 0.290 e. The second-order valence-corrected chi connectivity index (χ2v) is 9.69. The first-order valence-electron chi connectivity index (χ1n) is 10.5. The summed E-state index contributed by atoms with van der Waals surface area (Å²) in [6, 6.07) is 5.10. The van der Waals surface area contributed by atoms with Gasteiger partial charge in [-0.25, -0.2) is 8.42 Å². The Hall–Kier alpha value is -2.80. The van der Waals surface area contributed by atoms with Gasteiger partial charge >= 0.3 is 0 Å². The molecule has 0 radical (unpaired) electrons. The summed E-state index contributed by atoms with van der Waals surface area (Å²) in [6.07, 6.45) is 0.526. The molecule has 0 bridgehead atoms. The molecule has 3 heterocycles. The van der Waals surface area contributed by atoms with Crippen LogP contribution in [0.2, 0.25) is 0 Å². The van der Waals surface area contributed by atoms with Gasteiger partial charge in [-0.1, -0.05) is 12.1 Å². The number of sulfonamides is 1. The summed E-state index contributed by atoms with van der Waals surface area (Å²) in [6.45, 7) is 4.48. The first kappa shape index (κ1) is 24.8. The number of aromatic amines is 1. The molecular formula is C21H28N4O7S. The summed E-state index contributed by atoms with van der Waals surface area (Å²) >= 11 is 0. The van der Waals surface area contributed by atoms with E-state index >= 15 is 0 Å².